The molecule has 0 saturated carbocycles. The minimum absolute atomic E-state index is 0. The standard InChI is InChI=1S/CH2O3.Ba.Ca.H3N.Sr/c2-1(3)4;;;;/h(H2,2,3,4);;;1H3;/q;2*+2;;+2/p-2. The van der Waals surface area contributed by atoms with Crippen LogP contribution in [0.25, 0.3) is 0 Å². The van der Waals surface area contributed by atoms with Crippen molar-refractivity contribution in [2.75, 3.05) is 0 Å². The number of rotatable bonds is 0. The minimum atomic E-state index is -2.33. The van der Waals surface area contributed by atoms with Crippen molar-refractivity contribution in [2.24, 2.45) is 0 Å². The molecule has 4 nitrogen and oxygen atoms in total. The first kappa shape index (κ1) is 30.0. The van der Waals surface area contributed by atoms with E-state index in [2.05, 4.69) is 0 Å². The van der Waals surface area contributed by atoms with Crippen molar-refractivity contribution < 1.29 is 15.0 Å². The van der Waals surface area contributed by atoms with Crippen molar-refractivity contribution in [3.8, 4) is 0 Å². The Balaban J connectivity index is -0.00000000750. The van der Waals surface area contributed by atoms with E-state index in [9.17, 15) is 0 Å². The summed E-state index contributed by atoms with van der Waals surface area (Å²) in [5, 5.41) is 16.7. The quantitative estimate of drug-likeness (QED) is 0.464. The Hall–Kier alpha value is 3.54. The van der Waals surface area contributed by atoms with Crippen LogP contribution in [0.5, 0.6) is 0 Å². The molecule has 0 atom stereocenters. The van der Waals surface area contributed by atoms with Crippen LogP contribution >= 0.6 is 0 Å². The third-order valence-corrected chi connectivity index (χ3v) is 0. The average Bonchev–Trinajstić information content (AvgIpc) is 0.811. The number of carbonyl (C=O) groups is 1. The predicted molar refractivity (Wildman–Crippen MR) is 27.7 cm³/mol. The van der Waals surface area contributed by atoms with Gasteiger partial charge in [0.05, 0.1) is 0 Å². The molecule has 0 radical (unpaired) electrons. The van der Waals surface area contributed by atoms with Gasteiger partial charge >= 0.3 is 132 Å². The molecule has 0 aliphatic rings. The SMILES string of the molecule is N.O=C([O-])[O-].[Ba+2].[Ca+2].[Sr+2]. The summed E-state index contributed by atoms with van der Waals surface area (Å²) in [6, 6.07) is 0. The molecule has 0 aliphatic heterocycles. The maximum atomic E-state index is 8.33. The van der Waals surface area contributed by atoms with Gasteiger partial charge < -0.3 is 21.2 Å². The molecule has 0 amide bonds. The van der Waals surface area contributed by atoms with E-state index < -0.39 is 6.16 Å². The Morgan fingerprint density at radius 2 is 1.25 bits per heavy atom. The zero-order valence-electron chi connectivity index (χ0n) is 4.55. The van der Waals surface area contributed by atoms with Gasteiger partial charge in [0.15, 0.2) is 0 Å². The molecule has 0 fully saturated rings. The van der Waals surface area contributed by atoms with Crippen LogP contribution in [0.1, 0.15) is 0 Å². The Labute approximate surface area is 155 Å². The summed E-state index contributed by atoms with van der Waals surface area (Å²) >= 11 is 0. The molecule has 0 spiro atoms. The molecule has 8 heavy (non-hydrogen) atoms. The zero-order chi connectivity index (χ0) is 3.58. The predicted octanol–water partition coefficient (Wildman–Crippen LogP) is -3.43. The first-order valence-corrected chi connectivity index (χ1v) is 0.612. The minimum Gasteiger partial charge on any atom is -0.652 e. The van der Waals surface area contributed by atoms with Gasteiger partial charge in [-0.15, -0.1) is 0 Å². The molecule has 0 saturated heterocycles. The van der Waals surface area contributed by atoms with Gasteiger partial charge in [0, 0.05) is 0 Å². The largest absolute Gasteiger partial charge is 2.00 e. The van der Waals surface area contributed by atoms with E-state index in [1.54, 1.807) is 0 Å². The van der Waals surface area contributed by atoms with Crippen LogP contribution in [-0.2, 0) is 0 Å². The maximum Gasteiger partial charge on any atom is 2.00 e. The number of hydrogen-bond acceptors (Lipinski definition) is 4. The van der Waals surface area contributed by atoms with Crippen LogP contribution in [0, 0.1) is 0 Å². The normalized spacial score (nSPS) is 3.00. The van der Waals surface area contributed by atoms with Gasteiger partial charge in [0.25, 0.3) is 0 Å². The molecular weight excluding hydrogens is 339 g/mol. The first-order chi connectivity index (χ1) is 1.73. The summed E-state index contributed by atoms with van der Waals surface area (Å²) < 4.78 is 0. The van der Waals surface area contributed by atoms with Crippen molar-refractivity contribution >= 4 is 138 Å². The fraction of sp³-hybridized carbons (Fsp3) is 0. The molecule has 0 heterocycles. The topological polar surface area (TPSA) is 98.2 Å². The molecule has 0 aliphatic carbocycles. The van der Waals surface area contributed by atoms with E-state index in [0.717, 1.165) is 0 Å². The van der Waals surface area contributed by atoms with Crippen LogP contribution in [-0.4, -0.2) is 138 Å². The Kier molecular flexibility index (Phi) is 84.0. The van der Waals surface area contributed by atoms with E-state index in [1.165, 1.54) is 0 Å². The van der Waals surface area contributed by atoms with E-state index in [0.29, 0.717) is 0 Å². The van der Waals surface area contributed by atoms with Gasteiger partial charge in [0.2, 0.25) is 0 Å². The summed E-state index contributed by atoms with van der Waals surface area (Å²) in [6.07, 6.45) is -2.33. The molecule has 0 unspecified atom stereocenters. The van der Waals surface area contributed by atoms with Crippen LogP contribution in [0.3, 0.4) is 0 Å². The summed E-state index contributed by atoms with van der Waals surface area (Å²) in [4.78, 5) is 8.33. The molecular formula is CH3BaCaNO3Sr+4. The molecule has 0 rings (SSSR count). The second-order valence-electron chi connectivity index (χ2n) is 0.250. The summed E-state index contributed by atoms with van der Waals surface area (Å²) in [5.74, 6) is 0. The molecule has 7 heteroatoms. The van der Waals surface area contributed by atoms with Gasteiger partial charge in [-0.3, -0.25) is 0 Å². The summed E-state index contributed by atoms with van der Waals surface area (Å²) in [6.45, 7) is 0. The molecule has 32 valence electrons. The number of carbonyl (C=O) groups excluding carboxylic acids is 1. The Morgan fingerprint density at radius 1 is 1.25 bits per heavy atom. The monoisotopic (exact) mass is 343 g/mol. The zero-order valence-corrected chi connectivity index (χ0v) is 14.7. The van der Waals surface area contributed by atoms with E-state index in [1.807, 2.05) is 0 Å². The fourth-order valence-corrected chi connectivity index (χ4v) is 0. The van der Waals surface area contributed by atoms with Crippen molar-refractivity contribution in [2.45, 2.75) is 0 Å². The third-order valence-electron chi connectivity index (χ3n) is 0. The molecule has 0 aromatic heterocycles. The van der Waals surface area contributed by atoms with Gasteiger partial charge in [-0.1, -0.05) is 0 Å². The van der Waals surface area contributed by atoms with Gasteiger partial charge in [-0.25, -0.2) is 0 Å². The van der Waals surface area contributed by atoms with Crippen LogP contribution in [0.2, 0.25) is 0 Å². The van der Waals surface area contributed by atoms with Crippen LogP contribution in [0.4, 0.5) is 4.79 Å². The van der Waals surface area contributed by atoms with Crippen molar-refractivity contribution in [1.29, 1.82) is 0 Å². The maximum absolute atomic E-state index is 8.33. The first-order valence-electron chi connectivity index (χ1n) is 0.612. The smallest absolute Gasteiger partial charge is 0.652 e. The van der Waals surface area contributed by atoms with Gasteiger partial charge in [-0.05, 0) is 6.16 Å². The van der Waals surface area contributed by atoms with Crippen molar-refractivity contribution in [3.05, 3.63) is 0 Å². The molecule has 0 aromatic rings. The van der Waals surface area contributed by atoms with Gasteiger partial charge in [-0.2, -0.15) is 0 Å². The average molecular weight is 342 g/mol. The molecule has 0 aromatic carbocycles. The van der Waals surface area contributed by atoms with Crippen LogP contribution in [0.15, 0.2) is 0 Å². The fourth-order valence-electron chi connectivity index (χ4n) is 0. The number of carboxylic acid groups (broad SMARTS) is 2. The van der Waals surface area contributed by atoms with E-state index in [-0.39, 0.29) is 138 Å². The third kappa shape index (κ3) is 55.5. The second-order valence-corrected chi connectivity index (χ2v) is 0.250. The summed E-state index contributed by atoms with van der Waals surface area (Å²) in [5.41, 5.74) is 0. The summed E-state index contributed by atoms with van der Waals surface area (Å²) in [7, 11) is 0. The van der Waals surface area contributed by atoms with Crippen molar-refractivity contribution in [3.63, 3.8) is 0 Å². The van der Waals surface area contributed by atoms with Gasteiger partial charge in [0.1, 0.15) is 0 Å². The number of hydrogen-bond donors (Lipinski definition) is 1. The van der Waals surface area contributed by atoms with Crippen molar-refractivity contribution in [1.82, 2.24) is 6.15 Å². The Bertz CT molecular complexity index is 42.3. The second kappa shape index (κ2) is 22.4. The molecule has 0 bridgehead atoms. The molecule has 3 N–H and O–H groups in total. The van der Waals surface area contributed by atoms with E-state index in [4.69, 9.17) is 15.0 Å². The van der Waals surface area contributed by atoms with E-state index >= 15 is 0 Å². The van der Waals surface area contributed by atoms with Crippen LogP contribution < -0.4 is 16.4 Å². The Morgan fingerprint density at radius 3 is 1.25 bits per heavy atom.